The largest absolute Gasteiger partial charge is 0.370 e. The lowest BCUT2D eigenvalue weighted by Gasteiger charge is -2.44. The first-order chi connectivity index (χ1) is 18.1. The highest BCUT2D eigenvalue weighted by molar-refractivity contribution is 5.77. The van der Waals surface area contributed by atoms with Gasteiger partial charge < -0.3 is 10.1 Å². The van der Waals surface area contributed by atoms with Crippen molar-refractivity contribution < 1.29 is 9.53 Å². The molecule has 2 atom stereocenters. The number of benzene rings is 3. The zero-order valence-corrected chi connectivity index (χ0v) is 21.1. The quantitative estimate of drug-likeness (QED) is 0.413. The summed E-state index contributed by atoms with van der Waals surface area (Å²) in [7, 11) is 0. The Balaban J connectivity index is 1.28. The number of nitrogens with zero attached hydrogens (tertiary/aromatic N) is 3. The fourth-order valence-corrected chi connectivity index (χ4v) is 6.33. The SMILES string of the molecule is CC(=O)N[C@H]1c2ccccc2C2(CCN(Cc3cccc4nccnc34)CC2)[C@@H]1OCc1ccccc1. The molecular weight excluding hydrogens is 460 g/mol. The fourth-order valence-electron chi connectivity index (χ4n) is 6.33. The van der Waals surface area contributed by atoms with Gasteiger partial charge in [-0.3, -0.25) is 19.7 Å². The van der Waals surface area contributed by atoms with Crippen molar-refractivity contribution in [3.05, 3.63) is 107 Å². The van der Waals surface area contributed by atoms with Crippen molar-refractivity contribution in [1.29, 1.82) is 0 Å². The van der Waals surface area contributed by atoms with Crippen LogP contribution in [0.5, 0.6) is 0 Å². The summed E-state index contributed by atoms with van der Waals surface area (Å²) in [6.45, 7) is 4.86. The molecule has 1 aliphatic carbocycles. The van der Waals surface area contributed by atoms with E-state index < -0.39 is 0 Å². The van der Waals surface area contributed by atoms with Crippen molar-refractivity contribution in [3.8, 4) is 0 Å². The first-order valence-electron chi connectivity index (χ1n) is 13.1. The topological polar surface area (TPSA) is 67.4 Å². The van der Waals surface area contributed by atoms with Crippen LogP contribution in [0.1, 0.15) is 48.1 Å². The Bertz CT molecular complexity index is 1390. The maximum absolute atomic E-state index is 12.3. The second kappa shape index (κ2) is 10.0. The van der Waals surface area contributed by atoms with Crippen LogP contribution in [-0.2, 0) is 28.1 Å². The molecule has 1 N–H and O–H groups in total. The Morgan fingerprint density at radius 1 is 0.973 bits per heavy atom. The number of rotatable bonds is 6. The average molecular weight is 493 g/mol. The highest BCUT2D eigenvalue weighted by atomic mass is 16.5. The summed E-state index contributed by atoms with van der Waals surface area (Å²) in [5.74, 6) is -0.0281. The van der Waals surface area contributed by atoms with Crippen molar-refractivity contribution >= 4 is 16.9 Å². The maximum atomic E-state index is 12.3. The van der Waals surface area contributed by atoms with Crippen molar-refractivity contribution in [3.63, 3.8) is 0 Å². The highest BCUT2D eigenvalue weighted by Gasteiger charge is 2.54. The number of carbonyl (C=O) groups is 1. The number of aromatic nitrogens is 2. The number of hydrogen-bond donors (Lipinski definition) is 1. The van der Waals surface area contributed by atoms with Gasteiger partial charge in [-0.25, -0.2) is 0 Å². The van der Waals surface area contributed by atoms with E-state index in [-0.39, 0.29) is 23.5 Å². The van der Waals surface area contributed by atoms with Crippen LogP contribution in [0.15, 0.2) is 85.2 Å². The van der Waals surface area contributed by atoms with Gasteiger partial charge in [0.15, 0.2) is 0 Å². The zero-order chi connectivity index (χ0) is 25.2. The Morgan fingerprint density at radius 2 is 1.73 bits per heavy atom. The average Bonchev–Trinajstić information content (AvgIpc) is 3.17. The highest BCUT2D eigenvalue weighted by Crippen LogP contribution is 2.52. The molecule has 2 heterocycles. The molecule has 1 fully saturated rings. The normalized spacial score (nSPS) is 20.7. The standard InChI is InChI=1S/C31H32N4O2/c1-22(36)34-29-25-11-5-6-12-26(25)31(30(29)37-21-23-8-3-2-4-9-23)14-18-35(19-15-31)20-24-10-7-13-27-28(24)33-17-16-32-27/h2-13,16-17,29-30H,14-15,18-21H2,1H3,(H,34,36)/t29-,30+/m0/s1. The van der Waals surface area contributed by atoms with Gasteiger partial charge in [0, 0.05) is 31.3 Å². The summed E-state index contributed by atoms with van der Waals surface area (Å²) in [5.41, 5.74) is 6.63. The number of likely N-dealkylation sites (tertiary alicyclic amines) is 1. The van der Waals surface area contributed by atoms with Gasteiger partial charge in [-0.1, -0.05) is 66.7 Å². The van der Waals surface area contributed by atoms with Gasteiger partial charge in [0.05, 0.1) is 29.8 Å². The maximum Gasteiger partial charge on any atom is 0.217 e. The second-order valence-corrected chi connectivity index (χ2v) is 10.3. The predicted molar refractivity (Wildman–Crippen MR) is 144 cm³/mol. The van der Waals surface area contributed by atoms with E-state index in [0.29, 0.717) is 6.61 Å². The zero-order valence-electron chi connectivity index (χ0n) is 21.1. The first-order valence-corrected chi connectivity index (χ1v) is 13.1. The molecule has 6 rings (SSSR count). The predicted octanol–water partition coefficient (Wildman–Crippen LogP) is 4.94. The molecule has 0 unspecified atom stereocenters. The molecule has 2 aliphatic rings. The van der Waals surface area contributed by atoms with E-state index in [1.54, 1.807) is 19.3 Å². The summed E-state index contributed by atoms with van der Waals surface area (Å²) in [6.07, 6.45) is 5.32. The molecule has 6 heteroatoms. The minimum Gasteiger partial charge on any atom is -0.370 e. The van der Waals surface area contributed by atoms with E-state index in [4.69, 9.17) is 4.74 Å². The van der Waals surface area contributed by atoms with Crippen molar-refractivity contribution in [2.75, 3.05) is 13.1 Å². The van der Waals surface area contributed by atoms with Crippen LogP contribution in [0, 0.1) is 0 Å². The molecule has 1 spiro atoms. The summed E-state index contributed by atoms with van der Waals surface area (Å²) in [6, 6.07) is 25.0. The molecule has 4 aromatic rings. The van der Waals surface area contributed by atoms with Gasteiger partial charge >= 0.3 is 0 Å². The molecule has 0 radical (unpaired) electrons. The van der Waals surface area contributed by atoms with Gasteiger partial charge in [-0.05, 0) is 54.3 Å². The van der Waals surface area contributed by atoms with E-state index in [1.165, 1.54) is 16.7 Å². The minimum absolute atomic E-state index is 0.0281. The minimum atomic E-state index is -0.155. The third-order valence-electron chi connectivity index (χ3n) is 8.04. The monoisotopic (exact) mass is 492 g/mol. The number of carbonyl (C=O) groups excluding carboxylic acids is 1. The molecule has 1 saturated heterocycles. The number of piperidine rings is 1. The lowest BCUT2D eigenvalue weighted by Crippen LogP contribution is -2.50. The molecule has 6 nitrogen and oxygen atoms in total. The van der Waals surface area contributed by atoms with Gasteiger partial charge in [0.2, 0.25) is 5.91 Å². The molecule has 188 valence electrons. The summed E-state index contributed by atoms with van der Waals surface area (Å²) in [5, 5.41) is 3.23. The van der Waals surface area contributed by atoms with E-state index >= 15 is 0 Å². The molecule has 37 heavy (non-hydrogen) atoms. The Kier molecular flexibility index (Phi) is 6.45. The third kappa shape index (κ3) is 4.52. The number of para-hydroxylation sites is 1. The van der Waals surface area contributed by atoms with Crippen LogP contribution in [0.4, 0.5) is 0 Å². The van der Waals surface area contributed by atoms with Crippen molar-refractivity contribution in [1.82, 2.24) is 20.2 Å². The Hall–Kier alpha value is -3.61. The van der Waals surface area contributed by atoms with Crippen LogP contribution < -0.4 is 5.32 Å². The molecule has 1 aliphatic heterocycles. The van der Waals surface area contributed by atoms with Crippen LogP contribution in [0.3, 0.4) is 0 Å². The van der Waals surface area contributed by atoms with E-state index in [0.717, 1.165) is 49.1 Å². The van der Waals surface area contributed by atoms with Crippen molar-refractivity contribution in [2.24, 2.45) is 0 Å². The number of nitrogens with one attached hydrogen (secondary N) is 1. The van der Waals surface area contributed by atoms with Crippen LogP contribution in [-0.4, -0.2) is 40.0 Å². The summed E-state index contributed by atoms with van der Waals surface area (Å²) in [4.78, 5) is 23.9. The summed E-state index contributed by atoms with van der Waals surface area (Å²) < 4.78 is 6.74. The van der Waals surface area contributed by atoms with E-state index in [1.807, 2.05) is 24.3 Å². The fraction of sp³-hybridized carbons (Fsp3) is 0.323. The molecule has 3 aromatic carbocycles. The number of hydrogen-bond acceptors (Lipinski definition) is 5. The molecule has 1 amide bonds. The lowest BCUT2D eigenvalue weighted by molar-refractivity contribution is -0.122. The first kappa shape index (κ1) is 23.8. The van der Waals surface area contributed by atoms with E-state index in [2.05, 4.69) is 68.7 Å². The van der Waals surface area contributed by atoms with Crippen LogP contribution >= 0.6 is 0 Å². The Morgan fingerprint density at radius 3 is 2.54 bits per heavy atom. The molecule has 1 aromatic heterocycles. The molecule has 0 saturated carbocycles. The number of ether oxygens (including phenoxy) is 1. The van der Waals surface area contributed by atoms with Crippen molar-refractivity contribution in [2.45, 2.75) is 50.5 Å². The summed E-state index contributed by atoms with van der Waals surface area (Å²) >= 11 is 0. The van der Waals surface area contributed by atoms with Gasteiger partial charge in [-0.15, -0.1) is 0 Å². The van der Waals surface area contributed by atoms with Gasteiger partial charge in [0.1, 0.15) is 0 Å². The van der Waals surface area contributed by atoms with E-state index in [9.17, 15) is 4.79 Å². The third-order valence-corrected chi connectivity index (χ3v) is 8.04. The number of amides is 1. The van der Waals surface area contributed by atoms with Gasteiger partial charge in [-0.2, -0.15) is 0 Å². The molecule has 0 bridgehead atoms. The molecular formula is C31H32N4O2. The smallest absolute Gasteiger partial charge is 0.217 e. The van der Waals surface area contributed by atoms with Gasteiger partial charge in [0.25, 0.3) is 0 Å². The lowest BCUT2D eigenvalue weighted by atomic mass is 9.71. The second-order valence-electron chi connectivity index (χ2n) is 10.3. The van der Waals surface area contributed by atoms with Crippen LogP contribution in [0.25, 0.3) is 11.0 Å². The Labute approximate surface area is 217 Å². The van der Waals surface area contributed by atoms with Crippen LogP contribution in [0.2, 0.25) is 0 Å². The number of fused-ring (bicyclic) bond motifs is 3.